The van der Waals surface area contributed by atoms with E-state index in [-0.39, 0.29) is 5.78 Å². The van der Waals surface area contributed by atoms with Gasteiger partial charge in [0.05, 0.1) is 6.42 Å². The summed E-state index contributed by atoms with van der Waals surface area (Å²) in [5.74, 6) is 5.50. The van der Waals surface area contributed by atoms with Gasteiger partial charge in [-0.05, 0) is 26.0 Å². The number of nitrogens with zero attached hydrogens (tertiary/aromatic N) is 1. The number of Topliss-reactive ketones (excluding diaryl/α,β-unsaturated/α-hetero) is 1. The van der Waals surface area contributed by atoms with Crippen LogP contribution in [0.4, 0.5) is 0 Å². The van der Waals surface area contributed by atoms with Crippen LogP contribution in [0.1, 0.15) is 29.4 Å². The van der Waals surface area contributed by atoms with Crippen LogP contribution >= 0.6 is 0 Å². The molecule has 1 rings (SSSR count). The van der Waals surface area contributed by atoms with Crippen LogP contribution in [-0.4, -0.2) is 10.8 Å². The van der Waals surface area contributed by atoms with Crippen molar-refractivity contribution in [3.63, 3.8) is 0 Å². The van der Waals surface area contributed by atoms with Crippen molar-refractivity contribution in [3.8, 4) is 11.8 Å². The zero-order valence-electron chi connectivity index (χ0n) is 7.79. The smallest absolute Gasteiger partial charge is 0.174 e. The van der Waals surface area contributed by atoms with Gasteiger partial charge in [0.2, 0.25) is 0 Å². The molecule has 0 radical (unpaired) electrons. The average Bonchev–Trinajstić information content (AvgIpc) is 2.14. The highest BCUT2D eigenvalue weighted by molar-refractivity contribution is 5.97. The van der Waals surface area contributed by atoms with Crippen molar-refractivity contribution in [3.05, 3.63) is 29.6 Å². The summed E-state index contributed by atoms with van der Waals surface area (Å²) in [7, 11) is 0. The van der Waals surface area contributed by atoms with Crippen LogP contribution in [0.25, 0.3) is 0 Å². The van der Waals surface area contributed by atoms with Crippen molar-refractivity contribution in [1.82, 2.24) is 4.98 Å². The Bertz CT molecular complexity index is 371. The molecule has 0 unspecified atom stereocenters. The number of aryl methyl sites for hydroxylation is 1. The molecular formula is C11H11NO. The van der Waals surface area contributed by atoms with Gasteiger partial charge in [0.15, 0.2) is 5.78 Å². The van der Waals surface area contributed by atoms with Crippen molar-refractivity contribution < 1.29 is 4.79 Å². The molecular weight excluding hydrogens is 162 g/mol. The lowest BCUT2D eigenvalue weighted by molar-refractivity contribution is 0.0998. The Labute approximate surface area is 78.0 Å². The largest absolute Gasteiger partial charge is 0.293 e. The number of carbonyl (C=O) groups excluding carboxylic acids is 1. The van der Waals surface area contributed by atoms with E-state index in [1.54, 1.807) is 25.3 Å². The van der Waals surface area contributed by atoms with E-state index in [2.05, 4.69) is 16.8 Å². The van der Waals surface area contributed by atoms with Gasteiger partial charge in [-0.15, -0.1) is 5.92 Å². The van der Waals surface area contributed by atoms with Gasteiger partial charge in [-0.2, -0.15) is 0 Å². The van der Waals surface area contributed by atoms with Crippen molar-refractivity contribution in [1.29, 1.82) is 0 Å². The van der Waals surface area contributed by atoms with Crippen LogP contribution in [0.5, 0.6) is 0 Å². The van der Waals surface area contributed by atoms with Crippen molar-refractivity contribution in [2.45, 2.75) is 20.3 Å². The first-order valence-electron chi connectivity index (χ1n) is 4.09. The molecule has 1 heterocycles. The van der Waals surface area contributed by atoms with E-state index in [9.17, 15) is 4.79 Å². The molecule has 1 aromatic rings. The van der Waals surface area contributed by atoms with Gasteiger partial charge < -0.3 is 0 Å². The van der Waals surface area contributed by atoms with E-state index >= 15 is 0 Å². The molecule has 0 amide bonds. The van der Waals surface area contributed by atoms with E-state index in [1.165, 1.54) is 0 Å². The zero-order valence-corrected chi connectivity index (χ0v) is 7.79. The second-order valence-corrected chi connectivity index (χ2v) is 2.71. The maximum Gasteiger partial charge on any atom is 0.174 e. The molecule has 0 aliphatic carbocycles. The number of ketones is 1. The fourth-order valence-corrected chi connectivity index (χ4v) is 0.990. The Morgan fingerprint density at radius 1 is 1.62 bits per heavy atom. The van der Waals surface area contributed by atoms with E-state index in [0.29, 0.717) is 12.0 Å². The van der Waals surface area contributed by atoms with Crippen molar-refractivity contribution >= 4 is 5.78 Å². The first-order valence-corrected chi connectivity index (χ1v) is 4.09. The topological polar surface area (TPSA) is 30.0 Å². The lowest BCUT2D eigenvalue weighted by Crippen LogP contribution is -1.98. The molecule has 0 atom stereocenters. The van der Waals surface area contributed by atoms with Crippen molar-refractivity contribution in [2.24, 2.45) is 0 Å². The first-order chi connectivity index (χ1) is 6.24. The first kappa shape index (κ1) is 9.47. The normalized spacial score (nSPS) is 8.77. The summed E-state index contributed by atoms with van der Waals surface area (Å²) in [4.78, 5) is 15.4. The predicted octanol–water partition coefficient (Wildman–Crippen LogP) is 1.99. The van der Waals surface area contributed by atoms with Crippen LogP contribution in [0.3, 0.4) is 0 Å². The van der Waals surface area contributed by atoms with E-state index in [1.807, 2.05) is 6.92 Å². The molecule has 0 aromatic carbocycles. The van der Waals surface area contributed by atoms with Crippen LogP contribution in [-0.2, 0) is 0 Å². The fourth-order valence-electron chi connectivity index (χ4n) is 0.990. The minimum Gasteiger partial charge on any atom is -0.293 e. The van der Waals surface area contributed by atoms with Gasteiger partial charge in [-0.3, -0.25) is 9.78 Å². The quantitative estimate of drug-likeness (QED) is 0.505. The van der Waals surface area contributed by atoms with Gasteiger partial charge in [0.25, 0.3) is 0 Å². The van der Waals surface area contributed by atoms with Gasteiger partial charge >= 0.3 is 0 Å². The number of carbonyl (C=O) groups is 1. The third-order valence-corrected chi connectivity index (χ3v) is 1.64. The molecule has 0 spiro atoms. The third-order valence-electron chi connectivity index (χ3n) is 1.64. The molecule has 66 valence electrons. The van der Waals surface area contributed by atoms with Crippen LogP contribution in [0.2, 0.25) is 0 Å². The molecule has 1 aromatic heterocycles. The standard InChI is InChI=1S/C11H11NO/c1-3-4-5-11(13)10-6-7-12-9(2)8-10/h6-8H,5H2,1-2H3. The highest BCUT2D eigenvalue weighted by Gasteiger charge is 2.03. The second-order valence-electron chi connectivity index (χ2n) is 2.71. The monoisotopic (exact) mass is 173 g/mol. The molecule has 0 fully saturated rings. The zero-order chi connectivity index (χ0) is 9.68. The summed E-state index contributed by atoms with van der Waals surface area (Å²) in [6.07, 6.45) is 1.93. The van der Waals surface area contributed by atoms with Crippen molar-refractivity contribution in [2.75, 3.05) is 0 Å². The van der Waals surface area contributed by atoms with E-state index < -0.39 is 0 Å². The molecule has 0 saturated carbocycles. The van der Waals surface area contributed by atoms with Gasteiger partial charge in [-0.25, -0.2) is 0 Å². The van der Waals surface area contributed by atoms with E-state index in [4.69, 9.17) is 0 Å². The number of aromatic nitrogens is 1. The summed E-state index contributed by atoms with van der Waals surface area (Å²) in [5.41, 5.74) is 1.55. The van der Waals surface area contributed by atoms with Crippen LogP contribution < -0.4 is 0 Å². The summed E-state index contributed by atoms with van der Waals surface area (Å²) < 4.78 is 0. The highest BCUT2D eigenvalue weighted by atomic mass is 16.1. The second kappa shape index (κ2) is 4.42. The van der Waals surface area contributed by atoms with Gasteiger partial charge in [0, 0.05) is 17.5 Å². The van der Waals surface area contributed by atoms with Crippen LogP contribution in [0, 0.1) is 18.8 Å². The molecule has 0 aliphatic heterocycles. The molecule has 0 N–H and O–H groups in total. The minimum absolute atomic E-state index is 0.0554. The average molecular weight is 173 g/mol. The van der Waals surface area contributed by atoms with Gasteiger partial charge in [0.1, 0.15) is 0 Å². The SMILES string of the molecule is CC#CCC(=O)c1ccnc(C)c1. The molecule has 0 aliphatic rings. The molecule has 13 heavy (non-hydrogen) atoms. The highest BCUT2D eigenvalue weighted by Crippen LogP contribution is 2.03. The lowest BCUT2D eigenvalue weighted by Gasteiger charge is -1.96. The lowest BCUT2D eigenvalue weighted by atomic mass is 10.1. The molecule has 0 bridgehead atoms. The Morgan fingerprint density at radius 3 is 3.00 bits per heavy atom. The Kier molecular flexibility index (Phi) is 3.22. The maximum atomic E-state index is 11.4. The number of hydrogen-bond donors (Lipinski definition) is 0. The fraction of sp³-hybridized carbons (Fsp3) is 0.273. The molecule has 2 nitrogen and oxygen atoms in total. The maximum absolute atomic E-state index is 11.4. The Hall–Kier alpha value is -1.62. The summed E-state index contributed by atoms with van der Waals surface area (Å²) >= 11 is 0. The number of pyridine rings is 1. The Balaban J connectivity index is 2.81. The third kappa shape index (κ3) is 2.72. The van der Waals surface area contributed by atoms with Gasteiger partial charge in [-0.1, -0.05) is 5.92 Å². The summed E-state index contributed by atoms with van der Waals surface area (Å²) in [5, 5.41) is 0. The molecule has 2 heteroatoms. The summed E-state index contributed by atoms with van der Waals surface area (Å²) in [6.45, 7) is 3.59. The van der Waals surface area contributed by atoms with Crippen LogP contribution in [0.15, 0.2) is 18.3 Å². The summed E-state index contributed by atoms with van der Waals surface area (Å²) in [6, 6.07) is 3.49. The number of rotatable bonds is 2. The van der Waals surface area contributed by atoms with E-state index in [0.717, 1.165) is 5.69 Å². The number of hydrogen-bond acceptors (Lipinski definition) is 2. The predicted molar refractivity (Wildman–Crippen MR) is 51.4 cm³/mol. The minimum atomic E-state index is 0.0554. The molecule has 0 saturated heterocycles. The Morgan fingerprint density at radius 2 is 2.38 bits per heavy atom.